The summed E-state index contributed by atoms with van der Waals surface area (Å²) in [7, 11) is 0. The van der Waals surface area contributed by atoms with E-state index in [1.807, 2.05) is 13.8 Å². The number of rotatable bonds is 8. The van der Waals surface area contributed by atoms with Crippen LogP contribution in [0.15, 0.2) is 47.6 Å². The molecule has 3 rings (SSSR count). The van der Waals surface area contributed by atoms with Crippen molar-refractivity contribution in [1.82, 2.24) is 0 Å². The fourth-order valence-corrected chi connectivity index (χ4v) is 6.81. The van der Waals surface area contributed by atoms with Crippen molar-refractivity contribution < 1.29 is 24.9 Å². The molecular formula is C32H50O5. The van der Waals surface area contributed by atoms with Crippen LogP contribution < -0.4 is 0 Å². The molecule has 0 aromatic heterocycles. The normalized spacial score (nSPS) is 34.8. The summed E-state index contributed by atoms with van der Waals surface area (Å²) in [5, 5.41) is 31.1. The van der Waals surface area contributed by atoms with Crippen LogP contribution in [-0.2, 0) is 9.53 Å². The molecule has 7 atom stereocenters. The van der Waals surface area contributed by atoms with Crippen LogP contribution in [0, 0.1) is 34.5 Å². The minimum atomic E-state index is -0.994. The van der Waals surface area contributed by atoms with Gasteiger partial charge in [0.2, 0.25) is 0 Å². The largest absolute Gasteiger partial charge is 0.465 e. The first-order valence-electron chi connectivity index (χ1n) is 14.3. The molecule has 0 bridgehead atoms. The van der Waals surface area contributed by atoms with E-state index in [-0.39, 0.29) is 23.2 Å². The Morgan fingerprint density at radius 3 is 2.57 bits per heavy atom. The maximum Gasteiger partial charge on any atom is 0.314 e. The van der Waals surface area contributed by atoms with Crippen molar-refractivity contribution in [2.24, 2.45) is 34.5 Å². The fraction of sp³-hybridized carbons (Fsp3) is 0.719. The summed E-state index contributed by atoms with van der Waals surface area (Å²) < 4.78 is 5.40. The Kier molecular flexibility index (Phi) is 9.69. The molecule has 0 heterocycles. The van der Waals surface area contributed by atoms with Crippen molar-refractivity contribution in [3.05, 3.63) is 47.6 Å². The molecule has 0 amide bonds. The number of esters is 1. The van der Waals surface area contributed by atoms with Gasteiger partial charge in [0.05, 0.1) is 30.3 Å². The smallest absolute Gasteiger partial charge is 0.314 e. The Hall–Kier alpha value is -1.69. The van der Waals surface area contributed by atoms with E-state index in [1.165, 1.54) is 12.0 Å². The molecular weight excluding hydrogens is 464 g/mol. The van der Waals surface area contributed by atoms with Crippen LogP contribution in [0.5, 0.6) is 0 Å². The van der Waals surface area contributed by atoms with Crippen molar-refractivity contribution in [3.63, 3.8) is 0 Å². The van der Waals surface area contributed by atoms with Gasteiger partial charge in [-0.25, -0.2) is 0 Å². The van der Waals surface area contributed by atoms with E-state index in [9.17, 15) is 20.1 Å². The zero-order valence-electron chi connectivity index (χ0n) is 23.9. The van der Waals surface area contributed by atoms with E-state index >= 15 is 0 Å². The Labute approximate surface area is 224 Å². The standard InChI is InChI=1S/C32H50O5/c1-20(2)19-37-30(36)31(5,6)29(35)15-10-21(3)26-13-14-27-23(9-8-16-32(26,27)7)11-12-24-17-25(33)18-28(34)22(24)4/h10-12,15,20-21,25-29,33-35H,4,8-9,13-14,16-19H2,1-3,5-7H3/t21-,25-,26-,27+,28+,29+,32-/m1/s1. The Balaban J connectivity index is 1.70. The van der Waals surface area contributed by atoms with E-state index in [0.29, 0.717) is 31.3 Å². The van der Waals surface area contributed by atoms with Crippen LogP contribution in [0.1, 0.15) is 86.5 Å². The lowest BCUT2D eigenvalue weighted by molar-refractivity contribution is -0.159. The molecule has 0 aromatic carbocycles. The Morgan fingerprint density at radius 2 is 1.89 bits per heavy atom. The van der Waals surface area contributed by atoms with Gasteiger partial charge in [0.25, 0.3) is 0 Å². The summed E-state index contributed by atoms with van der Waals surface area (Å²) >= 11 is 0. The monoisotopic (exact) mass is 514 g/mol. The predicted octanol–water partition coefficient (Wildman–Crippen LogP) is 5.91. The van der Waals surface area contributed by atoms with E-state index in [0.717, 1.165) is 36.8 Å². The van der Waals surface area contributed by atoms with Gasteiger partial charge in [-0.3, -0.25) is 4.79 Å². The number of aliphatic hydroxyl groups is 3. The number of hydrogen-bond acceptors (Lipinski definition) is 5. The average molecular weight is 515 g/mol. The van der Waals surface area contributed by atoms with Crippen molar-refractivity contribution >= 4 is 5.97 Å². The predicted molar refractivity (Wildman–Crippen MR) is 149 cm³/mol. The second-order valence-electron chi connectivity index (χ2n) is 13.1. The summed E-state index contributed by atoms with van der Waals surface area (Å²) in [6.45, 7) is 16.6. The quantitative estimate of drug-likeness (QED) is 0.277. The van der Waals surface area contributed by atoms with Crippen LogP contribution in [0.25, 0.3) is 0 Å². The molecule has 0 unspecified atom stereocenters. The van der Waals surface area contributed by atoms with Crippen molar-refractivity contribution in [3.8, 4) is 0 Å². The molecule has 3 fully saturated rings. The number of hydrogen-bond donors (Lipinski definition) is 3. The second kappa shape index (κ2) is 12.0. The number of carbonyl (C=O) groups excluding carboxylic acids is 1. The van der Waals surface area contributed by atoms with Gasteiger partial charge in [-0.1, -0.05) is 64.2 Å². The lowest BCUT2D eigenvalue weighted by atomic mass is 9.61. The van der Waals surface area contributed by atoms with Gasteiger partial charge in [-0.15, -0.1) is 0 Å². The van der Waals surface area contributed by atoms with Crippen LogP contribution in [0.4, 0.5) is 0 Å². The Morgan fingerprint density at radius 1 is 1.19 bits per heavy atom. The van der Waals surface area contributed by atoms with Gasteiger partial charge < -0.3 is 20.1 Å². The topological polar surface area (TPSA) is 87.0 Å². The third kappa shape index (κ3) is 6.66. The molecule has 0 aromatic rings. The van der Waals surface area contributed by atoms with Crippen LogP contribution >= 0.6 is 0 Å². The number of carbonyl (C=O) groups is 1. The van der Waals surface area contributed by atoms with E-state index in [4.69, 9.17) is 4.74 Å². The minimum absolute atomic E-state index is 0.186. The molecule has 0 saturated heterocycles. The SMILES string of the molecule is C=C1C(=CC=C2CCC[C@]3(C)[C@@H]([C@H](C)C=C[C@H](O)C(C)(C)C(=O)OCC(C)C)CC[C@@H]23)C[C@@H](O)C[C@@H]1O. The third-order valence-corrected chi connectivity index (χ3v) is 9.35. The average Bonchev–Trinajstić information content (AvgIpc) is 3.19. The summed E-state index contributed by atoms with van der Waals surface area (Å²) in [4.78, 5) is 12.6. The van der Waals surface area contributed by atoms with Gasteiger partial charge in [-0.05, 0) is 92.6 Å². The second-order valence-corrected chi connectivity index (χ2v) is 13.1. The van der Waals surface area contributed by atoms with Crippen LogP contribution in [0.2, 0.25) is 0 Å². The molecule has 3 N–H and O–H groups in total. The molecule has 3 aliphatic carbocycles. The molecule has 3 aliphatic rings. The summed E-state index contributed by atoms with van der Waals surface area (Å²) in [5.74, 6) is 1.19. The van der Waals surface area contributed by atoms with Crippen LogP contribution in [-0.4, -0.2) is 46.2 Å². The maximum absolute atomic E-state index is 12.6. The first-order chi connectivity index (χ1) is 17.3. The highest BCUT2D eigenvalue weighted by Crippen LogP contribution is 2.59. The molecule has 37 heavy (non-hydrogen) atoms. The number of allylic oxidation sites excluding steroid dienone is 4. The fourth-order valence-electron chi connectivity index (χ4n) is 6.81. The van der Waals surface area contributed by atoms with Crippen molar-refractivity contribution in [1.29, 1.82) is 0 Å². The summed E-state index contributed by atoms with van der Waals surface area (Å²) in [6.07, 6.45) is 12.8. The minimum Gasteiger partial charge on any atom is -0.465 e. The molecule has 5 heteroatoms. The van der Waals surface area contributed by atoms with Gasteiger partial charge in [0.1, 0.15) is 0 Å². The van der Waals surface area contributed by atoms with Crippen molar-refractivity contribution in [2.75, 3.05) is 6.61 Å². The number of fused-ring (bicyclic) bond motifs is 1. The molecule has 0 radical (unpaired) electrons. The zero-order valence-corrected chi connectivity index (χ0v) is 23.9. The molecule has 5 nitrogen and oxygen atoms in total. The van der Waals surface area contributed by atoms with Gasteiger partial charge in [-0.2, -0.15) is 0 Å². The highest BCUT2D eigenvalue weighted by Gasteiger charge is 2.50. The third-order valence-electron chi connectivity index (χ3n) is 9.35. The summed E-state index contributed by atoms with van der Waals surface area (Å²) in [5.41, 5.74) is 2.35. The summed E-state index contributed by atoms with van der Waals surface area (Å²) in [6, 6.07) is 0. The zero-order chi connectivity index (χ0) is 27.5. The van der Waals surface area contributed by atoms with E-state index in [1.54, 1.807) is 19.9 Å². The number of ether oxygens (including phenoxy) is 1. The lowest BCUT2D eigenvalue weighted by Crippen LogP contribution is -2.38. The first kappa shape index (κ1) is 29.9. The molecule has 208 valence electrons. The molecule has 0 aliphatic heterocycles. The Bertz CT molecular complexity index is 925. The highest BCUT2D eigenvalue weighted by molar-refractivity contribution is 5.77. The maximum atomic E-state index is 12.6. The van der Waals surface area contributed by atoms with Crippen molar-refractivity contribution in [2.45, 2.75) is 105 Å². The first-order valence-corrected chi connectivity index (χ1v) is 14.3. The van der Waals surface area contributed by atoms with E-state index in [2.05, 4.69) is 38.7 Å². The molecule has 0 spiro atoms. The van der Waals surface area contributed by atoms with Gasteiger partial charge in [0, 0.05) is 6.42 Å². The van der Waals surface area contributed by atoms with Gasteiger partial charge in [0.15, 0.2) is 0 Å². The number of aliphatic hydroxyl groups excluding tert-OH is 3. The lowest BCUT2D eigenvalue weighted by Gasteiger charge is -2.44. The van der Waals surface area contributed by atoms with Crippen LogP contribution in [0.3, 0.4) is 0 Å². The van der Waals surface area contributed by atoms with E-state index < -0.39 is 23.7 Å². The molecule has 3 saturated carbocycles. The van der Waals surface area contributed by atoms with Gasteiger partial charge >= 0.3 is 5.97 Å². The highest BCUT2D eigenvalue weighted by atomic mass is 16.5.